The standard InChI is InChI=1S/C17H13BrClN3O2/c1-10-12-4-2-3-5-13(12)17(24)22(21-10)9-16(23)20-15-7-6-11(18)8-14(15)19/h2-8H,9H2,1H3,(H,20,23). The SMILES string of the molecule is Cc1nn(CC(=O)Nc2ccc(Br)cc2Cl)c(=O)c2ccccc12. The number of nitrogens with zero attached hydrogens (tertiary/aromatic N) is 2. The van der Waals surface area contributed by atoms with Crippen LogP contribution in [0, 0.1) is 6.92 Å². The fraction of sp³-hybridized carbons (Fsp3) is 0.118. The van der Waals surface area contributed by atoms with Gasteiger partial charge in [-0.3, -0.25) is 9.59 Å². The molecule has 0 radical (unpaired) electrons. The third-order valence-electron chi connectivity index (χ3n) is 3.55. The van der Waals surface area contributed by atoms with Crippen LogP contribution in [0.5, 0.6) is 0 Å². The van der Waals surface area contributed by atoms with Gasteiger partial charge in [-0.2, -0.15) is 5.10 Å². The molecule has 1 aromatic heterocycles. The predicted molar refractivity (Wildman–Crippen MR) is 98.5 cm³/mol. The van der Waals surface area contributed by atoms with Gasteiger partial charge in [-0.1, -0.05) is 45.7 Å². The van der Waals surface area contributed by atoms with Crippen molar-refractivity contribution in [3.8, 4) is 0 Å². The minimum Gasteiger partial charge on any atom is -0.323 e. The molecule has 122 valence electrons. The second kappa shape index (κ2) is 6.75. The van der Waals surface area contributed by atoms with Gasteiger partial charge in [0.05, 0.1) is 21.8 Å². The molecule has 24 heavy (non-hydrogen) atoms. The van der Waals surface area contributed by atoms with Crippen molar-refractivity contribution in [2.45, 2.75) is 13.5 Å². The summed E-state index contributed by atoms with van der Waals surface area (Å²) in [4.78, 5) is 24.7. The van der Waals surface area contributed by atoms with Crippen molar-refractivity contribution < 1.29 is 4.79 Å². The highest BCUT2D eigenvalue weighted by molar-refractivity contribution is 9.10. The molecule has 0 aliphatic heterocycles. The van der Waals surface area contributed by atoms with Crippen LogP contribution in [0.25, 0.3) is 10.8 Å². The molecule has 0 atom stereocenters. The molecule has 0 unspecified atom stereocenters. The van der Waals surface area contributed by atoms with Gasteiger partial charge in [0.2, 0.25) is 5.91 Å². The van der Waals surface area contributed by atoms with E-state index in [0.29, 0.717) is 21.8 Å². The first-order valence-electron chi connectivity index (χ1n) is 7.17. The molecule has 1 N–H and O–H groups in total. The molecular formula is C17H13BrClN3O2. The van der Waals surface area contributed by atoms with Gasteiger partial charge in [0.25, 0.3) is 5.56 Å². The van der Waals surface area contributed by atoms with Crippen LogP contribution in [-0.4, -0.2) is 15.7 Å². The molecule has 3 aromatic rings. The Balaban J connectivity index is 1.88. The van der Waals surface area contributed by atoms with Crippen LogP contribution in [0.3, 0.4) is 0 Å². The Labute approximate surface area is 151 Å². The quantitative estimate of drug-likeness (QED) is 0.720. The van der Waals surface area contributed by atoms with E-state index in [1.165, 1.54) is 4.68 Å². The summed E-state index contributed by atoms with van der Waals surface area (Å²) in [6.45, 7) is 1.62. The first-order chi connectivity index (χ1) is 11.5. The van der Waals surface area contributed by atoms with Gasteiger partial charge >= 0.3 is 0 Å². The van der Waals surface area contributed by atoms with Crippen molar-refractivity contribution in [3.05, 3.63) is 68.0 Å². The monoisotopic (exact) mass is 405 g/mol. The van der Waals surface area contributed by atoms with E-state index < -0.39 is 0 Å². The van der Waals surface area contributed by atoms with Gasteiger partial charge in [-0.25, -0.2) is 4.68 Å². The van der Waals surface area contributed by atoms with Crippen molar-refractivity contribution in [2.75, 3.05) is 5.32 Å². The van der Waals surface area contributed by atoms with E-state index in [2.05, 4.69) is 26.3 Å². The molecule has 0 saturated carbocycles. The lowest BCUT2D eigenvalue weighted by Gasteiger charge is -2.10. The Morgan fingerprint density at radius 1 is 1.25 bits per heavy atom. The first-order valence-corrected chi connectivity index (χ1v) is 8.34. The summed E-state index contributed by atoms with van der Waals surface area (Å²) >= 11 is 9.39. The van der Waals surface area contributed by atoms with Gasteiger partial charge < -0.3 is 5.32 Å². The van der Waals surface area contributed by atoms with Crippen LogP contribution in [-0.2, 0) is 11.3 Å². The number of hydrogen-bond donors (Lipinski definition) is 1. The normalized spacial score (nSPS) is 10.8. The molecule has 0 saturated heterocycles. The Bertz CT molecular complexity index is 1000. The number of aryl methyl sites for hydroxylation is 1. The van der Waals surface area contributed by atoms with Crippen molar-refractivity contribution >= 4 is 49.9 Å². The number of nitrogens with one attached hydrogen (secondary N) is 1. The number of benzene rings is 2. The first kappa shape index (κ1) is 16.7. The fourth-order valence-corrected chi connectivity index (χ4v) is 3.15. The van der Waals surface area contributed by atoms with Crippen LogP contribution < -0.4 is 10.9 Å². The summed E-state index contributed by atoms with van der Waals surface area (Å²) in [5.41, 5.74) is 0.878. The van der Waals surface area contributed by atoms with Gasteiger partial charge in [-0.15, -0.1) is 0 Å². The molecule has 0 fully saturated rings. The highest BCUT2D eigenvalue weighted by atomic mass is 79.9. The number of hydrogen-bond acceptors (Lipinski definition) is 3. The maximum absolute atomic E-state index is 12.5. The topological polar surface area (TPSA) is 64.0 Å². The number of halogens is 2. The van der Waals surface area contributed by atoms with E-state index in [4.69, 9.17) is 11.6 Å². The van der Waals surface area contributed by atoms with Gasteiger partial charge in [0.1, 0.15) is 6.54 Å². The van der Waals surface area contributed by atoms with Gasteiger partial charge in [0, 0.05) is 9.86 Å². The van der Waals surface area contributed by atoms with Crippen molar-refractivity contribution in [1.82, 2.24) is 9.78 Å². The second-order valence-corrected chi connectivity index (χ2v) is 6.59. The van der Waals surface area contributed by atoms with Crippen LogP contribution in [0.15, 0.2) is 51.7 Å². The summed E-state index contributed by atoms with van der Waals surface area (Å²) in [7, 11) is 0. The molecule has 1 amide bonds. The number of carbonyl (C=O) groups is 1. The Kier molecular flexibility index (Phi) is 4.69. The number of carbonyl (C=O) groups excluding carboxylic acids is 1. The van der Waals surface area contributed by atoms with Crippen LogP contribution in [0.1, 0.15) is 5.69 Å². The molecule has 0 spiro atoms. The van der Waals surface area contributed by atoms with Gasteiger partial charge in [-0.05, 0) is 31.2 Å². The number of fused-ring (bicyclic) bond motifs is 1. The average Bonchev–Trinajstić information content (AvgIpc) is 2.55. The zero-order chi connectivity index (χ0) is 17.3. The number of anilines is 1. The van der Waals surface area contributed by atoms with E-state index >= 15 is 0 Å². The largest absolute Gasteiger partial charge is 0.323 e. The van der Waals surface area contributed by atoms with Crippen LogP contribution >= 0.6 is 27.5 Å². The molecule has 2 aromatic carbocycles. The van der Waals surface area contributed by atoms with Crippen molar-refractivity contribution in [1.29, 1.82) is 0 Å². The van der Waals surface area contributed by atoms with E-state index in [-0.39, 0.29) is 18.0 Å². The fourth-order valence-electron chi connectivity index (χ4n) is 2.43. The van der Waals surface area contributed by atoms with E-state index in [1.807, 2.05) is 19.1 Å². The summed E-state index contributed by atoms with van der Waals surface area (Å²) in [5.74, 6) is -0.372. The maximum Gasteiger partial charge on any atom is 0.275 e. The van der Waals surface area contributed by atoms with Crippen molar-refractivity contribution in [3.63, 3.8) is 0 Å². The average molecular weight is 407 g/mol. The van der Waals surface area contributed by atoms with Crippen LogP contribution in [0.4, 0.5) is 5.69 Å². The molecule has 0 bridgehead atoms. The lowest BCUT2D eigenvalue weighted by Crippen LogP contribution is -2.30. The summed E-state index contributed by atoms with van der Waals surface area (Å²) < 4.78 is 1.98. The molecule has 7 heteroatoms. The van der Waals surface area contributed by atoms with Crippen LogP contribution in [0.2, 0.25) is 5.02 Å². The zero-order valence-electron chi connectivity index (χ0n) is 12.7. The molecule has 1 heterocycles. The zero-order valence-corrected chi connectivity index (χ0v) is 15.1. The lowest BCUT2D eigenvalue weighted by molar-refractivity contribution is -0.117. The molecule has 5 nitrogen and oxygen atoms in total. The Morgan fingerprint density at radius 3 is 2.67 bits per heavy atom. The Morgan fingerprint density at radius 2 is 1.96 bits per heavy atom. The minimum atomic E-state index is -0.372. The third kappa shape index (κ3) is 3.34. The highest BCUT2D eigenvalue weighted by Gasteiger charge is 2.12. The molecule has 0 aliphatic rings. The number of amides is 1. The summed E-state index contributed by atoms with van der Waals surface area (Å²) in [6.07, 6.45) is 0. The summed E-state index contributed by atoms with van der Waals surface area (Å²) in [6, 6.07) is 12.3. The maximum atomic E-state index is 12.5. The molecular weight excluding hydrogens is 394 g/mol. The van der Waals surface area contributed by atoms with E-state index in [0.717, 1.165) is 9.86 Å². The number of aromatic nitrogens is 2. The Hall–Kier alpha value is -2.18. The summed E-state index contributed by atoms with van der Waals surface area (Å²) in [5, 5.41) is 8.65. The number of rotatable bonds is 3. The molecule has 3 rings (SSSR count). The molecule has 0 aliphatic carbocycles. The highest BCUT2D eigenvalue weighted by Crippen LogP contribution is 2.25. The van der Waals surface area contributed by atoms with Gasteiger partial charge in [0.15, 0.2) is 0 Å². The van der Waals surface area contributed by atoms with E-state index in [9.17, 15) is 9.59 Å². The van der Waals surface area contributed by atoms with E-state index in [1.54, 1.807) is 30.3 Å². The minimum absolute atomic E-state index is 0.184. The second-order valence-electron chi connectivity index (χ2n) is 5.27. The van der Waals surface area contributed by atoms with Crippen molar-refractivity contribution in [2.24, 2.45) is 0 Å². The lowest BCUT2D eigenvalue weighted by atomic mass is 10.1. The predicted octanol–water partition coefficient (Wildman–Crippen LogP) is 3.76. The third-order valence-corrected chi connectivity index (χ3v) is 4.36. The smallest absolute Gasteiger partial charge is 0.275 e.